The summed E-state index contributed by atoms with van der Waals surface area (Å²) < 4.78 is 11.3. The Bertz CT molecular complexity index is 313. The zero-order chi connectivity index (χ0) is 11.0. The molecule has 2 heterocycles. The lowest BCUT2D eigenvalue weighted by atomic mass is 9.87. The number of hydrogen-bond acceptors (Lipinski definition) is 3. The SMILES string of the molecule is COC1=C2CCCCN3CCOCC23CC1. The Kier molecular flexibility index (Phi) is 2.68. The van der Waals surface area contributed by atoms with E-state index in [0.29, 0.717) is 0 Å². The summed E-state index contributed by atoms with van der Waals surface area (Å²) in [6.45, 7) is 4.12. The van der Waals surface area contributed by atoms with E-state index in [1.165, 1.54) is 38.0 Å². The molecule has 3 nitrogen and oxygen atoms in total. The number of morpholine rings is 1. The van der Waals surface area contributed by atoms with Gasteiger partial charge in [0.25, 0.3) is 0 Å². The largest absolute Gasteiger partial charge is 0.501 e. The predicted molar refractivity (Wildman–Crippen MR) is 62.2 cm³/mol. The van der Waals surface area contributed by atoms with Crippen LogP contribution in [0.15, 0.2) is 11.3 Å². The molecule has 0 N–H and O–H groups in total. The summed E-state index contributed by atoms with van der Waals surface area (Å²) in [5, 5.41) is 0. The molecular formula is C13H21NO2. The van der Waals surface area contributed by atoms with Gasteiger partial charge in [-0.2, -0.15) is 0 Å². The van der Waals surface area contributed by atoms with Crippen molar-refractivity contribution in [2.75, 3.05) is 33.4 Å². The van der Waals surface area contributed by atoms with Crippen LogP contribution in [0.3, 0.4) is 0 Å². The van der Waals surface area contributed by atoms with Gasteiger partial charge in [-0.15, -0.1) is 0 Å². The summed E-state index contributed by atoms with van der Waals surface area (Å²) >= 11 is 0. The second-order valence-electron chi connectivity index (χ2n) is 5.13. The Balaban J connectivity index is 1.99. The van der Waals surface area contributed by atoms with Gasteiger partial charge < -0.3 is 9.47 Å². The third-order valence-corrected chi connectivity index (χ3v) is 4.47. The zero-order valence-corrected chi connectivity index (χ0v) is 10.1. The third-order valence-electron chi connectivity index (χ3n) is 4.47. The summed E-state index contributed by atoms with van der Waals surface area (Å²) in [5.41, 5.74) is 1.76. The average Bonchev–Trinajstić information content (AvgIpc) is 2.55. The predicted octanol–water partition coefficient (Wildman–Crippen LogP) is 1.94. The van der Waals surface area contributed by atoms with Crippen LogP contribution in [0.5, 0.6) is 0 Å². The second-order valence-corrected chi connectivity index (χ2v) is 5.13. The quantitative estimate of drug-likeness (QED) is 0.678. The minimum absolute atomic E-state index is 0.208. The molecule has 3 aliphatic rings. The van der Waals surface area contributed by atoms with Gasteiger partial charge in [0.15, 0.2) is 0 Å². The van der Waals surface area contributed by atoms with Crippen molar-refractivity contribution in [3.63, 3.8) is 0 Å². The summed E-state index contributed by atoms with van der Waals surface area (Å²) in [4.78, 5) is 2.66. The molecule has 1 unspecified atom stereocenters. The fourth-order valence-electron chi connectivity index (χ4n) is 3.64. The Morgan fingerprint density at radius 1 is 1.25 bits per heavy atom. The van der Waals surface area contributed by atoms with E-state index in [1.807, 2.05) is 7.11 Å². The summed E-state index contributed by atoms with van der Waals surface area (Å²) in [6.07, 6.45) is 6.14. The number of rotatable bonds is 1. The fourth-order valence-corrected chi connectivity index (χ4v) is 3.64. The molecule has 3 rings (SSSR count). The maximum atomic E-state index is 5.76. The summed E-state index contributed by atoms with van der Waals surface area (Å²) in [5.74, 6) is 1.25. The molecule has 90 valence electrons. The van der Waals surface area contributed by atoms with Crippen molar-refractivity contribution in [2.45, 2.75) is 37.6 Å². The van der Waals surface area contributed by atoms with E-state index >= 15 is 0 Å². The summed E-state index contributed by atoms with van der Waals surface area (Å²) in [7, 11) is 1.82. The molecule has 0 radical (unpaired) electrons. The van der Waals surface area contributed by atoms with E-state index in [9.17, 15) is 0 Å². The maximum Gasteiger partial charge on any atom is 0.0967 e. The van der Waals surface area contributed by atoms with Gasteiger partial charge in [-0.25, -0.2) is 0 Å². The highest BCUT2D eigenvalue weighted by Crippen LogP contribution is 2.45. The van der Waals surface area contributed by atoms with Gasteiger partial charge >= 0.3 is 0 Å². The van der Waals surface area contributed by atoms with E-state index in [4.69, 9.17) is 9.47 Å². The van der Waals surface area contributed by atoms with Crippen molar-refractivity contribution < 1.29 is 9.47 Å². The first-order chi connectivity index (χ1) is 7.87. The molecule has 2 fully saturated rings. The average molecular weight is 223 g/mol. The normalized spacial score (nSPS) is 35.6. The molecule has 0 aromatic heterocycles. The Hall–Kier alpha value is -0.540. The lowest BCUT2D eigenvalue weighted by molar-refractivity contribution is -0.0478. The molecule has 0 aromatic rings. The van der Waals surface area contributed by atoms with Gasteiger partial charge in [0.2, 0.25) is 0 Å². The van der Waals surface area contributed by atoms with Crippen molar-refractivity contribution in [3.05, 3.63) is 11.3 Å². The van der Waals surface area contributed by atoms with Gasteiger partial charge in [-0.05, 0) is 37.8 Å². The van der Waals surface area contributed by atoms with Gasteiger partial charge in [-0.3, -0.25) is 4.90 Å². The molecule has 1 aliphatic carbocycles. The smallest absolute Gasteiger partial charge is 0.0967 e. The highest BCUT2D eigenvalue weighted by atomic mass is 16.5. The van der Waals surface area contributed by atoms with Crippen LogP contribution >= 0.6 is 0 Å². The molecule has 1 atom stereocenters. The van der Waals surface area contributed by atoms with Crippen LogP contribution in [0, 0.1) is 0 Å². The molecule has 0 amide bonds. The van der Waals surface area contributed by atoms with Crippen molar-refractivity contribution in [1.82, 2.24) is 4.90 Å². The van der Waals surface area contributed by atoms with Crippen LogP contribution in [0.2, 0.25) is 0 Å². The number of methoxy groups -OCH3 is 1. The van der Waals surface area contributed by atoms with E-state index < -0.39 is 0 Å². The minimum atomic E-state index is 0.208. The monoisotopic (exact) mass is 223 g/mol. The van der Waals surface area contributed by atoms with Crippen molar-refractivity contribution in [2.24, 2.45) is 0 Å². The Morgan fingerprint density at radius 2 is 2.19 bits per heavy atom. The highest BCUT2D eigenvalue weighted by Gasteiger charge is 2.48. The minimum Gasteiger partial charge on any atom is -0.501 e. The third kappa shape index (κ3) is 1.41. The fraction of sp³-hybridized carbons (Fsp3) is 0.846. The molecule has 2 saturated heterocycles. The first kappa shape index (κ1) is 10.6. The van der Waals surface area contributed by atoms with E-state index in [-0.39, 0.29) is 5.54 Å². The van der Waals surface area contributed by atoms with Crippen LogP contribution in [-0.4, -0.2) is 43.9 Å². The standard InChI is InChI=1S/C13H21NO2/c1-15-12-5-6-13-10-16-9-8-14(13)7-3-2-4-11(12)13/h2-10H2,1H3. The van der Waals surface area contributed by atoms with Gasteiger partial charge in [0.05, 0.1) is 31.6 Å². The van der Waals surface area contributed by atoms with Crippen LogP contribution in [0.1, 0.15) is 32.1 Å². The molecular weight excluding hydrogens is 202 g/mol. The first-order valence-electron chi connectivity index (χ1n) is 6.46. The van der Waals surface area contributed by atoms with Gasteiger partial charge in [0.1, 0.15) is 0 Å². The molecule has 0 bridgehead atoms. The number of hydrogen-bond donors (Lipinski definition) is 0. The van der Waals surface area contributed by atoms with Crippen molar-refractivity contribution >= 4 is 0 Å². The molecule has 3 heteroatoms. The molecule has 16 heavy (non-hydrogen) atoms. The number of allylic oxidation sites excluding steroid dienone is 1. The van der Waals surface area contributed by atoms with Crippen LogP contribution < -0.4 is 0 Å². The van der Waals surface area contributed by atoms with Crippen LogP contribution in [-0.2, 0) is 9.47 Å². The lowest BCUT2D eigenvalue weighted by Crippen LogP contribution is -2.56. The van der Waals surface area contributed by atoms with Crippen LogP contribution in [0.25, 0.3) is 0 Å². The lowest BCUT2D eigenvalue weighted by Gasteiger charge is -2.45. The van der Waals surface area contributed by atoms with E-state index in [0.717, 1.165) is 26.2 Å². The highest BCUT2D eigenvalue weighted by molar-refractivity contribution is 5.32. The first-order valence-corrected chi connectivity index (χ1v) is 6.46. The molecule has 0 aromatic carbocycles. The Morgan fingerprint density at radius 3 is 3.06 bits per heavy atom. The van der Waals surface area contributed by atoms with Crippen molar-refractivity contribution in [1.29, 1.82) is 0 Å². The van der Waals surface area contributed by atoms with E-state index in [1.54, 1.807) is 5.57 Å². The Labute approximate surface area is 97.4 Å². The van der Waals surface area contributed by atoms with Gasteiger partial charge in [0, 0.05) is 13.0 Å². The van der Waals surface area contributed by atoms with Crippen molar-refractivity contribution in [3.8, 4) is 0 Å². The molecule has 2 aliphatic heterocycles. The zero-order valence-electron chi connectivity index (χ0n) is 10.1. The topological polar surface area (TPSA) is 21.7 Å². The maximum absolute atomic E-state index is 5.76. The number of ether oxygens (including phenoxy) is 2. The summed E-state index contributed by atoms with van der Waals surface area (Å²) in [6, 6.07) is 0. The molecule has 1 spiro atoms. The van der Waals surface area contributed by atoms with Crippen LogP contribution in [0.4, 0.5) is 0 Å². The molecule has 0 saturated carbocycles. The van der Waals surface area contributed by atoms with Gasteiger partial charge in [-0.1, -0.05) is 0 Å². The van der Waals surface area contributed by atoms with E-state index in [2.05, 4.69) is 4.90 Å². The second kappa shape index (κ2) is 4.04. The number of nitrogens with zero attached hydrogens (tertiary/aromatic N) is 1.